The van der Waals surface area contributed by atoms with Crippen LogP contribution in [0.1, 0.15) is 12.0 Å². The number of nitrogens with one attached hydrogen (secondary N) is 3. The molecule has 0 bridgehead atoms. The van der Waals surface area contributed by atoms with Crippen LogP contribution in [0, 0.1) is 0 Å². The molecule has 1 aromatic rings. The van der Waals surface area contributed by atoms with Gasteiger partial charge in [0.25, 0.3) is 5.91 Å². The van der Waals surface area contributed by atoms with Gasteiger partial charge >= 0.3 is 12.2 Å². The summed E-state index contributed by atoms with van der Waals surface area (Å²) in [5.74, 6) is -1.45. The van der Waals surface area contributed by atoms with E-state index in [-0.39, 0.29) is 10.7 Å². The molecule has 0 saturated carbocycles. The Labute approximate surface area is 127 Å². The van der Waals surface area contributed by atoms with Crippen molar-refractivity contribution in [2.45, 2.75) is 18.6 Å². The van der Waals surface area contributed by atoms with E-state index in [9.17, 15) is 27.6 Å². The molecule has 3 N–H and O–H groups in total. The number of alkyl halides is 3. The van der Waals surface area contributed by atoms with Crippen molar-refractivity contribution in [3.05, 3.63) is 28.8 Å². The molecule has 0 aliphatic carbocycles. The van der Waals surface area contributed by atoms with Gasteiger partial charge in [0.2, 0.25) is 5.91 Å². The first-order valence-electron chi connectivity index (χ1n) is 5.95. The number of imide groups is 1. The van der Waals surface area contributed by atoms with Gasteiger partial charge < -0.3 is 10.6 Å². The minimum atomic E-state index is -4.58. The van der Waals surface area contributed by atoms with Crippen LogP contribution in [0.15, 0.2) is 18.2 Å². The van der Waals surface area contributed by atoms with Gasteiger partial charge in [0.05, 0.1) is 22.7 Å². The monoisotopic (exact) mass is 335 g/mol. The van der Waals surface area contributed by atoms with Crippen LogP contribution in [0.2, 0.25) is 5.02 Å². The predicted octanol–water partition coefficient (Wildman–Crippen LogP) is 1.90. The molecule has 2 rings (SSSR count). The van der Waals surface area contributed by atoms with E-state index in [2.05, 4.69) is 10.6 Å². The highest BCUT2D eigenvalue weighted by Crippen LogP contribution is 2.33. The molecule has 1 aromatic carbocycles. The van der Waals surface area contributed by atoms with E-state index in [1.54, 1.807) is 0 Å². The van der Waals surface area contributed by atoms with Crippen molar-refractivity contribution < 1.29 is 27.6 Å². The summed E-state index contributed by atoms with van der Waals surface area (Å²) in [7, 11) is 0. The van der Waals surface area contributed by atoms with Crippen molar-refractivity contribution >= 4 is 35.1 Å². The van der Waals surface area contributed by atoms with Crippen LogP contribution < -0.4 is 16.0 Å². The molecule has 0 radical (unpaired) electrons. The Hall–Kier alpha value is -2.29. The smallest absolute Gasteiger partial charge is 0.325 e. The number of carbonyl (C=O) groups is 3. The lowest BCUT2D eigenvalue weighted by Gasteiger charge is -2.12. The molecule has 10 heteroatoms. The Balaban J connectivity index is 2.08. The van der Waals surface area contributed by atoms with Gasteiger partial charge in [0.15, 0.2) is 0 Å². The molecule has 118 valence electrons. The molecule has 0 spiro atoms. The quantitative estimate of drug-likeness (QED) is 0.737. The fourth-order valence-corrected chi connectivity index (χ4v) is 1.95. The zero-order valence-corrected chi connectivity index (χ0v) is 11.5. The van der Waals surface area contributed by atoms with Gasteiger partial charge in [0, 0.05) is 0 Å². The lowest BCUT2D eigenvalue weighted by atomic mass is 10.1. The summed E-state index contributed by atoms with van der Waals surface area (Å²) in [6, 6.07) is 0.664. The number of amides is 4. The first-order chi connectivity index (χ1) is 10.2. The summed E-state index contributed by atoms with van der Waals surface area (Å²) in [5, 5.41) is 6.23. The Morgan fingerprint density at radius 1 is 1.32 bits per heavy atom. The second kappa shape index (κ2) is 5.84. The number of hydrogen-bond acceptors (Lipinski definition) is 3. The Morgan fingerprint density at radius 3 is 2.55 bits per heavy atom. The standard InChI is InChI=1S/C12H9ClF3N3O3/c13-6-2-1-5(12(14,15)16)3-7(6)17-9(20)4-8-10(21)19-11(22)18-8/h1-3,8H,4H2,(H,17,20)(H2,18,19,21,22). The van der Waals surface area contributed by atoms with Crippen LogP contribution in [0.4, 0.5) is 23.7 Å². The van der Waals surface area contributed by atoms with Crippen LogP contribution in [-0.4, -0.2) is 23.9 Å². The highest BCUT2D eigenvalue weighted by molar-refractivity contribution is 6.33. The first kappa shape index (κ1) is 16.1. The fraction of sp³-hybridized carbons (Fsp3) is 0.250. The zero-order valence-electron chi connectivity index (χ0n) is 10.8. The molecule has 1 aliphatic rings. The van der Waals surface area contributed by atoms with Gasteiger partial charge in [-0.25, -0.2) is 4.79 Å². The molecular weight excluding hydrogens is 327 g/mol. The molecule has 1 atom stereocenters. The van der Waals surface area contributed by atoms with Crippen molar-refractivity contribution in [2.75, 3.05) is 5.32 Å². The number of hydrogen-bond donors (Lipinski definition) is 3. The van der Waals surface area contributed by atoms with Gasteiger partial charge in [-0.05, 0) is 18.2 Å². The van der Waals surface area contributed by atoms with Crippen molar-refractivity contribution in [1.29, 1.82) is 0 Å². The Morgan fingerprint density at radius 2 is 2.00 bits per heavy atom. The third kappa shape index (κ3) is 3.67. The summed E-state index contributed by atoms with van der Waals surface area (Å²) in [6.07, 6.45) is -5.01. The molecule has 1 fully saturated rings. The number of rotatable bonds is 3. The molecule has 22 heavy (non-hydrogen) atoms. The van der Waals surface area contributed by atoms with Crippen LogP contribution in [0.25, 0.3) is 0 Å². The predicted molar refractivity (Wildman–Crippen MR) is 70.2 cm³/mol. The van der Waals surface area contributed by atoms with E-state index in [4.69, 9.17) is 11.6 Å². The topological polar surface area (TPSA) is 87.3 Å². The Kier molecular flexibility index (Phi) is 4.27. The van der Waals surface area contributed by atoms with E-state index in [0.717, 1.165) is 12.1 Å². The average molecular weight is 336 g/mol. The maximum Gasteiger partial charge on any atom is 0.416 e. The van der Waals surface area contributed by atoms with Gasteiger partial charge in [-0.2, -0.15) is 13.2 Å². The largest absolute Gasteiger partial charge is 0.416 e. The van der Waals surface area contributed by atoms with Crippen molar-refractivity contribution in [3.8, 4) is 0 Å². The molecule has 6 nitrogen and oxygen atoms in total. The SMILES string of the molecule is O=C(CC1NC(=O)NC1=O)Nc1cc(C(F)(F)F)ccc1Cl. The number of halogens is 4. The summed E-state index contributed by atoms with van der Waals surface area (Å²) in [5.41, 5.74) is -1.20. The second-order valence-electron chi connectivity index (χ2n) is 4.46. The lowest BCUT2D eigenvalue weighted by molar-refractivity contribution is -0.137. The maximum atomic E-state index is 12.6. The average Bonchev–Trinajstić information content (AvgIpc) is 2.69. The second-order valence-corrected chi connectivity index (χ2v) is 4.87. The Bertz CT molecular complexity index is 648. The molecule has 0 aromatic heterocycles. The summed E-state index contributed by atoms with van der Waals surface area (Å²) in [6.45, 7) is 0. The zero-order chi connectivity index (χ0) is 16.5. The number of benzene rings is 1. The number of carbonyl (C=O) groups excluding carboxylic acids is 3. The summed E-state index contributed by atoms with van der Waals surface area (Å²) in [4.78, 5) is 33.9. The fourth-order valence-electron chi connectivity index (χ4n) is 1.79. The molecule has 1 aliphatic heterocycles. The molecule has 1 saturated heterocycles. The molecular formula is C12H9ClF3N3O3. The van der Waals surface area contributed by atoms with Gasteiger partial charge in [-0.3, -0.25) is 14.9 Å². The van der Waals surface area contributed by atoms with Crippen molar-refractivity contribution in [2.24, 2.45) is 0 Å². The van der Waals surface area contributed by atoms with E-state index in [0.29, 0.717) is 6.07 Å². The third-order valence-electron chi connectivity index (χ3n) is 2.82. The summed E-state index contributed by atoms with van der Waals surface area (Å²) < 4.78 is 37.8. The lowest BCUT2D eigenvalue weighted by Crippen LogP contribution is -2.33. The summed E-state index contributed by atoms with van der Waals surface area (Å²) >= 11 is 5.73. The highest BCUT2D eigenvalue weighted by atomic mass is 35.5. The third-order valence-corrected chi connectivity index (χ3v) is 3.15. The van der Waals surface area contributed by atoms with Crippen LogP contribution in [-0.2, 0) is 15.8 Å². The van der Waals surface area contributed by atoms with E-state index in [1.165, 1.54) is 0 Å². The minimum Gasteiger partial charge on any atom is -0.325 e. The van der Waals surface area contributed by atoms with E-state index >= 15 is 0 Å². The van der Waals surface area contributed by atoms with Crippen LogP contribution in [0.5, 0.6) is 0 Å². The van der Waals surface area contributed by atoms with Crippen molar-refractivity contribution in [1.82, 2.24) is 10.6 Å². The van der Waals surface area contributed by atoms with Crippen LogP contribution in [0.3, 0.4) is 0 Å². The highest BCUT2D eigenvalue weighted by Gasteiger charge is 2.33. The maximum absolute atomic E-state index is 12.6. The van der Waals surface area contributed by atoms with Gasteiger partial charge in [-0.15, -0.1) is 0 Å². The van der Waals surface area contributed by atoms with Crippen LogP contribution >= 0.6 is 11.6 Å². The minimum absolute atomic E-state index is 0.0822. The normalized spacial score (nSPS) is 17.9. The molecule has 1 heterocycles. The first-order valence-corrected chi connectivity index (χ1v) is 6.32. The molecule has 4 amide bonds. The number of anilines is 1. The van der Waals surface area contributed by atoms with Gasteiger partial charge in [0.1, 0.15) is 6.04 Å². The number of urea groups is 1. The van der Waals surface area contributed by atoms with E-state index in [1.807, 2.05) is 5.32 Å². The van der Waals surface area contributed by atoms with Crippen molar-refractivity contribution in [3.63, 3.8) is 0 Å². The molecule has 1 unspecified atom stereocenters. The van der Waals surface area contributed by atoms with E-state index < -0.39 is 42.0 Å². The van der Waals surface area contributed by atoms with Gasteiger partial charge in [-0.1, -0.05) is 11.6 Å².